The minimum absolute atomic E-state index is 0.434. The molecule has 1 N–H and O–H groups in total. The topological polar surface area (TPSA) is 29.9 Å². The Kier molecular flexibility index (Phi) is 4.61. The Balaban J connectivity index is 2.31. The van der Waals surface area contributed by atoms with Crippen molar-refractivity contribution in [3.63, 3.8) is 0 Å². The first kappa shape index (κ1) is 14.8. The summed E-state index contributed by atoms with van der Waals surface area (Å²) in [5, 5.41) is 8.05. The maximum atomic E-state index is 4.59. The van der Waals surface area contributed by atoms with Crippen LogP contribution in [0.2, 0.25) is 0 Å². The second kappa shape index (κ2) is 6.23. The lowest BCUT2D eigenvalue weighted by Crippen LogP contribution is -2.21. The fraction of sp³-hybridized carbons (Fsp3) is 0.471. The van der Waals surface area contributed by atoms with Gasteiger partial charge < -0.3 is 5.32 Å². The summed E-state index contributed by atoms with van der Waals surface area (Å²) in [5.41, 5.74) is 4.98. The predicted molar refractivity (Wildman–Crippen MR) is 84.7 cm³/mol. The van der Waals surface area contributed by atoms with Crippen molar-refractivity contribution in [2.75, 3.05) is 0 Å². The lowest BCUT2D eigenvalue weighted by atomic mass is 9.98. The van der Waals surface area contributed by atoms with Gasteiger partial charge in [0.15, 0.2) is 0 Å². The third kappa shape index (κ3) is 3.48. The summed E-state index contributed by atoms with van der Waals surface area (Å²) in [6.07, 6.45) is 2.12. The minimum atomic E-state index is 0.434. The molecule has 0 aliphatic carbocycles. The number of hydrogen-bond donors (Lipinski definition) is 1. The summed E-state index contributed by atoms with van der Waals surface area (Å²) in [5.74, 6) is 0.434. The highest BCUT2D eigenvalue weighted by Crippen LogP contribution is 2.28. The Hall–Kier alpha value is -1.61. The van der Waals surface area contributed by atoms with E-state index in [0.29, 0.717) is 12.0 Å². The van der Waals surface area contributed by atoms with Crippen LogP contribution < -0.4 is 5.32 Å². The van der Waals surface area contributed by atoms with E-state index in [9.17, 15) is 0 Å². The molecule has 3 nitrogen and oxygen atoms in total. The highest BCUT2D eigenvalue weighted by atomic mass is 15.3. The number of aryl methyl sites for hydroxylation is 1. The highest BCUT2D eigenvalue weighted by molar-refractivity contribution is 5.66. The van der Waals surface area contributed by atoms with Crippen molar-refractivity contribution in [1.82, 2.24) is 15.1 Å². The number of rotatable bonds is 5. The van der Waals surface area contributed by atoms with Crippen LogP contribution in [0.5, 0.6) is 0 Å². The molecule has 0 atom stereocenters. The van der Waals surface area contributed by atoms with Crippen LogP contribution >= 0.6 is 0 Å². The van der Waals surface area contributed by atoms with E-state index < -0.39 is 0 Å². The van der Waals surface area contributed by atoms with Gasteiger partial charge in [0.05, 0.1) is 5.69 Å². The Morgan fingerprint density at radius 3 is 2.60 bits per heavy atom. The van der Waals surface area contributed by atoms with E-state index in [-0.39, 0.29) is 0 Å². The normalized spacial score (nSPS) is 11.6. The monoisotopic (exact) mass is 271 g/mol. The van der Waals surface area contributed by atoms with Crippen LogP contribution in [0.15, 0.2) is 30.5 Å². The zero-order valence-electron chi connectivity index (χ0n) is 13.1. The molecule has 0 spiro atoms. The first-order valence-corrected chi connectivity index (χ1v) is 7.33. The summed E-state index contributed by atoms with van der Waals surface area (Å²) in [4.78, 5) is 0. The Morgan fingerprint density at radius 1 is 1.20 bits per heavy atom. The van der Waals surface area contributed by atoms with Gasteiger partial charge >= 0.3 is 0 Å². The zero-order chi connectivity index (χ0) is 14.7. The van der Waals surface area contributed by atoms with E-state index in [1.807, 2.05) is 11.7 Å². The zero-order valence-corrected chi connectivity index (χ0v) is 13.1. The van der Waals surface area contributed by atoms with Crippen LogP contribution in [0.4, 0.5) is 0 Å². The van der Waals surface area contributed by atoms with Crippen molar-refractivity contribution in [3.8, 4) is 11.1 Å². The fourth-order valence-corrected chi connectivity index (χ4v) is 2.33. The van der Waals surface area contributed by atoms with Gasteiger partial charge in [0, 0.05) is 31.4 Å². The number of hydrogen-bond acceptors (Lipinski definition) is 2. The van der Waals surface area contributed by atoms with E-state index in [4.69, 9.17) is 0 Å². The van der Waals surface area contributed by atoms with Crippen LogP contribution in [0, 0.1) is 0 Å². The number of aromatic nitrogens is 2. The van der Waals surface area contributed by atoms with Crippen molar-refractivity contribution in [3.05, 3.63) is 41.7 Å². The quantitative estimate of drug-likeness (QED) is 0.898. The Labute approximate surface area is 122 Å². The number of nitrogens with one attached hydrogen (secondary N) is 1. The molecular weight excluding hydrogens is 246 g/mol. The van der Waals surface area contributed by atoms with Gasteiger partial charge in [-0.15, -0.1) is 0 Å². The minimum Gasteiger partial charge on any atom is -0.310 e. The van der Waals surface area contributed by atoms with Gasteiger partial charge in [-0.3, -0.25) is 4.68 Å². The predicted octanol–water partition coefficient (Wildman–Crippen LogP) is 3.71. The molecule has 0 unspecified atom stereocenters. The molecule has 0 bridgehead atoms. The lowest BCUT2D eigenvalue weighted by molar-refractivity contribution is 0.589. The van der Waals surface area contributed by atoms with Crippen LogP contribution in [-0.2, 0) is 13.6 Å². The van der Waals surface area contributed by atoms with Gasteiger partial charge in [-0.05, 0) is 23.1 Å². The molecule has 108 valence electrons. The van der Waals surface area contributed by atoms with E-state index in [0.717, 1.165) is 6.54 Å². The summed E-state index contributed by atoms with van der Waals surface area (Å²) in [6.45, 7) is 9.62. The molecule has 3 heteroatoms. The summed E-state index contributed by atoms with van der Waals surface area (Å²) < 4.78 is 1.91. The van der Waals surface area contributed by atoms with Gasteiger partial charge in [-0.2, -0.15) is 5.10 Å². The van der Waals surface area contributed by atoms with Crippen molar-refractivity contribution >= 4 is 0 Å². The molecule has 0 radical (unpaired) electrons. The van der Waals surface area contributed by atoms with Gasteiger partial charge in [0.1, 0.15) is 0 Å². The summed E-state index contributed by atoms with van der Waals surface area (Å²) >= 11 is 0. The molecule has 0 amide bonds. The second-order valence-electron chi connectivity index (χ2n) is 5.99. The Bertz CT molecular complexity index is 567. The van der Waals surface area contributed by atoms with Crippen molar-refractivity contribution in [2.24, 2.45) is 7.05 Å². The van der Waals surface area contributed by atoms with E-state index in [1.165, 1.54) is 22.4 Å². The van der Waals surface area contributed by atoms with Crippen molar-refractivity contribution < 1.29 is 0 Å². The van der Waals surface area contributed by atoms with E-state index in [2.05, 4.69) is 68.6 Å². The van der Waals surface area contributed by atoms with Gasteiger partial charge in [-0.1, -0.05) is 45.9 Å². The third-order valence-electron chi connectivity index (χ3n) is 3.36. The van der Waals surface area contributed by atoms with Gasteiger partial charge in [-0.25, -0.2) is 0 Å². The molecule has 0 saturated carbocycles. The maximum Gasteiger partial charge on any atom is 0.0728 e. The molecule has 0 aliphatic heterocycles. The Morgan fingerprint density at radius 2 is 1.95 bits per heavy atom. The van der Waals surface area contributed by atoms with Crippen LogP contribution in [0.25, 0.3) is 11.1 Å². The molecular formula is C17H25N3. The highest BCUT2D eigenvalue weighted by Gasteiger charge is 2.13. The first-order valence-electron chi connectivity index (χ1n) is 7.33. The van der Waals surface area contributed by atoms with Gasteiger partial charge in [0.2, 0.25) is 0 Å². The van der Waals surface area contributed by atoms with E-state index >= 15 is 0 Å². The molecule has 2 aromatic rings. The molecule has 0 saturated heterocycles. The smallest absolute Gasteiger partial charge is 0.0728 e. The van der Waals surface area contributed by atoms with Crippen LogP contribution in [-0.4, -0.2) is 15.8 Å². The lowest BCUT2D eigenvalue weighted by Gasteiger charge is -2.10. The molecule has 1 aromatic carbocycles. The first-order chi connectivity index (χ1) is 9.47. The molecule has 20 heavy (non-hydrogen) atoms. The van der Waals surface area contributed by atoms with Gasteiger partial charge in [0.25, 0.3) is 0 Å². The molecule has 1 heterocycles. The van der Waals surface area contributed by atoms with Crippen molar-refractivity contribution in [1.29, 1.82) is 0 Å². The van der Waals surface area contributed by atoms with Crippen LogP contribution in [0.1, 0.15) is 44.9 Å². The SMILES string of the molecule is CC(C)NCc1cccc(-c2cn(C)nc2C(C)C)c1. The average Bonchev–Trinajstić information content (AvgIpc) is 2.79. The van der Waals surface area contributed by atoms with E-state index in [1.54, 1.807) is 0 Å². The standard InChI is InChI=1S/C17H25N3/c1-12(2)17-16(11-20(5)19-17)15-8-6-7-14(9-15)10-18-13(3)4/h6-9,11-13,18H,10H2,1-5H3. The average molecular weight is 271 g/mol. The summed E-state index contributed by atoms with van der Waals surface area (Å²) in [7, 11) is 1.99. The van der Waals surface area contributed by atoms with Crippen LogP contribution in [0.3, 0.4) is 0 Å². The fourth-order valence-electron chi connectivity index (χ4n) is 2.33. The molecule has 2 rings (SSSR count). The number of nitrogens with zero attached hydrogens (tertiary/aromatic N) is 2. The molecule has 1 aromatic heterocycles. The largest absolute Gasteiger partial charge is 0.310 e. The van der Waals surface area contributed by atoms with Crippen molar-refractivity contribution in [2.45, 2.75) is 46.2 Å². The molecule has 0 aliphatic rings. The maximum absolute atomic E-state index is 4.59. The second-order valence-corrected chi connectivity index (χ2v) is 5.99. The third-order valence-corrected chi connectivity index (χ3v) is 3.36. The number of benzene rings is 1. The molecule has 0 fully saturated rings. The summed E-state index contributed by atoms with van der Waals surface area (Å²) in [6, 6.07) is 9.23.